The smallest absolute Gasteiger partial charge is 0.162 e. The predicted molar refractivity (Wildman–Crippen MR) is 69.6 cm³/mol. The Morgan fingerprint density at radius 2 is 1.94 bits per heavy atom. The van der Waals surface area contributed by atoms with Crippen LogP contribution in [0.2, 0.25) is 0 Å². The van der Waals surface area contributed by atoms with Crippen LogP contribution in [0.15, 0.2) is 16.6 Å². The largest absolute Gasteiger partial charge is 0.493 e. The number of hydrogen-bond acceptors (Lipinski definition) is 3. The van der Waals surface area contributed by atoms with Gasteiger partial charge in [0.2, 0.25) is 0 Å². The zero-order chi connectivity index (χ0) is 12.6. The van der Waals surface area contributed by atoms with E-state index in [-0.39, 0.29) is 6.10 Å². The minimum Gasteiger partial charge on any atom is -0.493 e. The van der Waals surface area contributed by atoms with Gasteiger partial charge in [-0.15, -0.1) is 0 Å². The summed E-state index contributed by atoms with van der Waals surface area (Å²) in [4.78, 5) is 0. The van der Waals surface area contributed by atoms with E-state index in [4.69, 9.17) is 9.47 Å². The molecule has 1 aromatic carbocycles. The highest BCUT2D eigenvalue weighted by molar-refractivity contribution is 9.10. The molecule has 1 aliphatic rings. The third-order valence-corrected chi connectivity index (χ3v) is 3.50. The van der Waals surface area contributed by atoms with Crippen LogP contribution in [0.1, 0.15) is 32.3 Å². The van der Waals surface area contributed by atoms with Gasteiger partial charge in [0.15, 0.2) is 11.5 Å². The minimum atomic E-state index is -0.680. The van der Waals surface area contributed by atoms with E-state index in [0.717, 1.165) is 22.9 Å². The first-order valence-corrected chi connectivity index (χ1v) is 6.52. The summed E-state index contributed by atoms with van der Waals surface area (Å²) in [7, 11) is 1.61. The Kier molecular flexibility index (Phi) is 3.36. The number of halogens is 1. The summed E-state index contributed by atoms with van der Waals surface area (Å²) in [6, 6.07) is 3.72. The van der Waals surface area contributed by atoms with Gasteiger partial charge in [-0.05, 0) is 38.8 Å². The zero-order valence-electron chi connectivity index (χ0n) is 10.3. The fourth-order valence-electron chi connectivity index (χ4n) is 1.79. The van der Waals surface area contributed by atoms with Gasteiger partial charge < -0.3 is 14.6 Å². The lowest BCUT2D eigenvalue weighted by Crippen LogP contribution is -2.10. The first kappa shape index (κ1) is 12.7. The van der Waals surface area contributed by atoms with Gasteiger partial charge in [0.1, 0.15) is 0 Å². The third kappa shape index (κ3) is 2.58. The zero-order valence-corrected chi connectivity index (χ0v) is 11.9. The number of benzene rings is 1. The number of aliphatic hydroxyl groups is 1. The molecule has 0 radical (unpaired) electrons. The van der Waals surface area contributed by atoms with E-state index in [0.29, 0.717) is 11.5 Å². The Balaban J connectivity index is 2.41. The highest BCUT2D eigenvalue weighted by atomic mass is 79.9. The van der Waals surface area contributed by atoms with Gasteiger partial charge in [-0.3, -0.25) is 0 Å². The molecule has 1 N–H and O–H groups in total. The molecule has 0 saturated heterocycles. The molecule has 3 nitrogen and oxygen atoms in total. The van der Waals surface area contributed by atoms with Gasteiger partial charge in [-0.1, -0.05) is 15.9 Å². The summed E-state index contributed by atoms with van der Waals surface area (Å²) in [5.74, 6) is 1.36. The maximum absolute atomic E-state index is 10.2. The molecular formula is C13H17BrO3. The molecule has 0 aromatic heterocycles. The fourth-order valence-corrected chi connectivity index (χ4v) is 2.48. The van der Waals surface area contributed by atoms with E-state index < -0.39 is 5.60 Å². The van der Waals surface area contributed by atoms with Gasteiger partial charge in [0.05, 0.1) is 18.8 Å². The average molecular weight is 301 g/mol. The van der Waals surface area contributed by atoms with Crippen LogP contribution in [-0.4, -0.2) is 18.3 Å². The van der Waals surface area contributed by atoms with Crippen LogP contribution < -0.4 is 9.47 Å². The molecule has 1 saturated carbocycles. The standard InChI is InChI=1S/C13H17BrO3/c1-8(2)17-12-6-9(13(15)4-5-13)10(14)7-11(12)16-3/h6-8,15H,4-5H2,1-3H3. The highest BCUT2D eigenvalue weighted by Gasteiger charge is 2.44. The summed E-state index contributed by atoms with van der Waals surface area (Å²) >= 11 is 3.47. The van der Waals surface area contributed by atoms with Crippen LogP contribution >= 0.6 is 15.9 Å². The van der Waals surface area contributed by atoms with E-state index in [1.807, 2.05) is 26.0 Å². The molecule has 2 rings (SSSR count). The molecule has 1 aromatic rings. The lowest BCUT2D eigenvalue weighted by Gasteiger charge is -2.18. The Bertz CT molecular complexity index is 425. The Morgan fingerprint density at radius 1 is 1.29 bits per heavy atom. The molecule has 94 valence electrons. The maximum atomic E-state index is 10.2. The number of ether oxygens (including phenoxy) is 2. The van der Waals surface area contributed by atoms with E-state index in [9.17, 15) is 5.11 Å². The van der Waals surface area contributed by atoms with Crippen molar-refractivity contribution < 1.29 is 14.6 Å². The number of methoxy groups -OCH3 is 1. The van der Waals surface area contributed by atoms with Crippen LogP contribution in [0.4, 0.5) is 0 Å². The van der Waals surface area contributed by atoms with Crippen molar-refractivity contribution in [2.75, 3.05) is 7.11 Å². The molecular weight excluding hydrogens is 284 g/mol. The normalized spacial score (nSPS) is 17.1. The van der Waals surface area contributed by atoms with Gasteiger partial charge in [0, 0.05) is 10.0 Å². The Morgan fingerprint density at radius 3 is 2.41 bits per heavy atom. The van der Waals surface area contributed by atoms with Crippen LogP contribution in [0.3, 0.4) is 0 Å². The lowest BCUT2D eigenvalue weighted by molar-refractivity contribution is 0.149. The van der Waals surface area contributed by atoms with Crippen molar-refractivity contribution in [2.45, 2.75) is 38.4 Å². The van der Waals surface area contributed by atoms with Crippen molar-refractivity contribution >= 4 is 15.9 Å². The molecule has 4 heteroatoms. The molecule has 0 heterocycles. The molecule has 0 spiro atoms. The van der Waals surface area contributed by atoms with Crippen molar-refractivity contribution in [1.29, 1.82) is 0 Å². The van der Waals surface area contributed by atoms with Crippen molar-refractivity contribution in [1.82, 2.24) is 0 Å². The maximum Gasteiger partial charge on any atom is 0.162 e. The summed E-state index contributed by atoms with van der Waals surface area (Å²) in [5.41, 5.74) is 0.203. The summed E-state index contributed by atoms with van der Waals surface area (Å²) in [5, 5.41) is 10.2. The molecule has 0 unspecified atom stereocenters. The molecule has 0 aliphatic heterocycles. The summed E-state index contributed by atoms with van der Waals surface area (Å²) in [6.45, 7) is 3.93. The van der Waals surface area contributed by atoms with Crippen LogP contribution in [-0.2, 0) is 5.60 Å². The van der Waals surface area contributed by atoms with Crippen molar-refractivity contribution in [2.24, 2.45) is 0 Å². The number of rotatable bonds is 4. The topological polar surface area (TPSA) is 38.7 Å². The van der Waals surface area contributed by atoms with Gasteiger partial charge >= 0.3 is 0 Å². The van der Waals surface area contributed by atoms with Crippen LogP contribution in [0.25, 0.3) is 0 Å². The molecule has 0 amide bonds. The molecule has 0 bridgehead atoms. The second kappa shape index (κ2) is 4.50. The van der Waals surface area contributed by atoms with E-state index in [2.05, 4.69) is 15.9 Å². The predicted octanol–water partition coefficient (Wildman–Crippen LogP) is 3.23. The first-order valence-electron chi connectivity index (χ1n) is 5.73. The molecule has 17 heavy (non-hydrogen) atoms. The van der Waals surface area contributed by atoms with E-state index >= 15 is 0 Å². The SMILES string of the molecule is COc1cc(Br)c(C2(O)CC2)cc1OC(C)C. The molecule has 1 aliphatic carbocycles. The summed E-state index contributed by atoms with van der Waals surface area (Å²) < 4.78 is 11.8. The second-order valence-corrected chi connectivity index (χ2v) is 5.54. The van der Waals surface area contributed by atoms with E-state index in [1.54, 1.807) is 7.11 Å². The highest BCUT2D eigenvalue weighted by Crippen LogP contribution is 2.50. The first-order chi connectivity index (χ1) is 7.96. The minimum absolute atomic E-state index is 0.0757. The van der Waals surface area contributed by atoms with Crippen LogP contribution in [0, 0.1) is 0 Å². The van der Waals surface area contributed by atoms with Crippen molar-refractivity contribution in [3.63, 3.8) is 0 Å². The van der Waals surface area contributed by atoms with Crippen molar-refractivity contribution in [3.8, 4) is 11.5 Å². The van der Waals surface area contributed by atoms with Gasteiger partial charge in [0.25, 0.3) is 0 Å². The average Bonchev–Trinajstić information content (AvgIpc) is 2.99. The third-order valence-electron chi connectivity index (χ3n) is 2.84. The fraction of sp³-hybridized carbons (Fsp3) is 0.538. The molecule has 1 fully saturated rings. The monoisotopic (exact) mass is 300 g/mol. The Labute approximate surface area is 110 Å². The second-order valence-electron chi connectivity index (χ2n) is 4.68. The van der Waals surface area contributed by atoms with Crippen LogP contribution in [0.5, 0.6) is 11.5 Å². The number of hydrogen-bond donors (Lipinski definition) is 1. The summed E-state index contributed by atoms with van der Waals surface area (Å²) in [6.07, 6.45) is 1.68. The van der Waals surface area contributed by atoms with E-state index in [1.165, 1.54) is 0 Å². The Hall–Kier alpha value is -0.740. The molecule has 0 atom stereocenters. The lowest BCUT2D eigenvalue weighted by atomic mass is 10.1. The quantitative estimate of drug-likeness (QED) is 0.928. The van der Waals surface area contributed by atoms with Gasteiger partial charge in [-0.2, -0.15) is 0 Å². The van der Waals surface area contributed by atoms with Crippen molar-refractivity contribution in [3.05, 3.63) is 22.2 Å². The van der Waals surface area contributed by atoms with Gasteiger partial charge in [-0.25, -0.2) is 0 Å².